The van der Waals surface area contributed by atoms with Gasteiger partial charge in [0.1, 0.15) is 0 Å². The van der Waals surface area contributed by atoms with Gasteiger partial charge in [-0.15, -0.1) is 24.0 Å². The Morgan fingerprint density at radius 1 is 1.41 bits per heavy atom. The molecule has 0 spiro atoms. The molecular weight excluding hydrogens is 411 g/mol. The minimum absolute atomic E-state index is 0. The van der Waals surface area contributed by atoms with E-state index in [1.165, 1.54) is 5.75 Å². The zero-order chi connectivity index (χ0) is 15.7. The third kappa shape index (κ3) is 8.79. The first-order valence-electron chi connectivity index (χ1n) is 7.83. The molecule has 1 aliphatic rings. The summed E-state index contributed by atoms with van der Waals surface area (Å²) in [5.74, 6) is 2.23. The number of hydrogen-bond acceptors (Lipinski definition) is 4. The van der Waals surface area contributed by atoms with Gasteiger partial charge in [0.05, 0.1) is 13.2 Å². The molecule has 1 heterocycles. The lowest BCUT2D eigenvalue weighted by Crippen LogP contribution is -2.51. The molecule has 0 aromatic carbocycles. The van der Waals surface area contributed by atoms with Crippen LogP contribution in [-0.2, 0) is 4.74 Å². The van der Waals surface area contributed by atoms with Gasteiger partial charge >= 0.3 is 0 Å². The number of aliphatic imine (C=N–C) groups is 1. The fourth-order valence-corrected chi connectivity index (χ4v) is 3.42. The van der Waals surface area contributed by atoms with Gasteiger partial charge in [0, 0.05) is 50.3 Å². The molecule has 1 fully saturated rings. The third-order valence-electron chi connectivity index (χ3n) is 3.48. The van der Waals surface area contributed by atoms with Gasteiger partial charge in [0.25, 0.3) is 0 Å². The van der Waals surface area contributed by atoms with Gasteiger partial charge in [-0.1, -0.05) is 0 Å². The van der Waals surface area contributed by atoms with Gasteiger partial charge in [0.15, 0.2) is 5.96 Å². The highest BCUT2D eigenvalue weighted by atomic mass is 127. The number of guanidine groups is 1. The Morgan fingerprint density at radius 2 is 2.14 bits per heavy atom. The second-order valence-electron chi connectivity index (χ2n) is 6.06. The molecule has 0 saturated carbocycles. The normalized spacial score (nSPS) is 18.3. The minimum atomic E-state index is 0. The van der Waals surface area contributed by atoms with Crippen LogP contribution in [0.5, 0.6) is 0 Å². The van der Waals surface area contributed by atoms with Crippen molar-refractivity contribution in [3.05, 3.63) is 0 Å². The summed E-state index contributed by atoms with van der Waals surface area (Å²) in [6, 6.07) is 0. The molecule has 0 aromatic heterocycles. The van der Waals surface area contributed by atoms with Crippen LogP contribution in [0, 0.1) is 0 Å². The van der Waals surface area contributed by atoms with Crippen molar-refractivity contribution in [2.75, 3.05) is 65.8 Å². The van der Waals surface area contributed by atoms with E-state index in [0.29, 0.717) is 4.75 Å². The SMILES string of the molecule is CCNC(=NCCN(C)CCOC)N1CCSC(C)(C)C1.I. The van der Waals surface area contributed by atoms with E-state index in [9.17, 15) is 0 Å². The fourth-order valence-electron chi connectivity index (χ4n) is 2.31. The standard InChI is InChI=1S/C15H32N4OS.HI/c1-6-16-14(17-7-8-18(4)9-11-20-5)19-10-12-21-15(2,3)13-19;/h6-13H2,1-5H3,(H,16,17);1H. The number of halogens is 1. The molecule has 0 bridgehead atoms. The largest absolute Gasteiger partial charge is 0.383 e. The van der Waals surface area contributed by atoms with Crippen molar-refractivity contribution >= 4 is 41.7 Å². The van der Waals surface area contributed by atoms with Crippen molar-refractivity contribution in [1.29, 1.82) is 0 Å². The summed E-state index contributed by atoms with van der Waals surface area (Å²) in [6.07, 6.45) is 0. The highest BCUT2D eigenvalue weighted by molar-refractivity contribution is 14.0. The predicted octanol–water partition coefficient (Wildman–Crippen LogP) is 1.98. The van der Waals surface area contributed by atoms with Crippen molar-refractivity contribution in [3.63, 3.8) is 0 Å². The summed E-state index contributed by atoms with van der Waals surface area (Å²) < 4.78 is 5.41. The lowest BCUT2D eigenvalue weighted by Gasteiger charge is -2.39. The molecule has 22 heavy (non-hydrogen) atoms. The van der Waals surface area contributed by atoms with Crippen LogP contribution in [0.4, 0.5) is 0 Å². The molecule has 0 atom stereocenters. The highest BCUT2D eigenvalue weighted by Gasteiger charge is 2.28. The van der Waals surface area contributed by atoms with E-state index in [-0.39, 0.29) is 24.0 Å². The first-order chi connectivity index (χ1) is 9.98. The second-order valence-corrected chi connectivity index (χ2v) is 7.86. The average Bonchev–Trinajstić information content (AvgIpc) is 2.43. The second kappa shape index (κ2) is 11.8. The molecule has 0 amide bonds. The van der Waals surface area contributed by atoms with Crippen LogP contribution in [0.15, 0.2) is 4.99 Å². The van der Waals surface area contributed by atoms with Gasteiger partial charge < -0.3 is 19.9 Å². The number of nitrogens with one attached hydrogen (secondary N) is 1. The van der Waals surface area contributed by atoms with Crippen molar-refractivity contribution in [1.82, 2.24) is 15.1 Å². The van der Waals surface area contributed by atoms with Gasteiger partial charge in [-0.3, -0.25) is 4.99 Å². The number of likely N-dealkylation sites (N-methyl/N-ethyl adjacent to an activating group) is 1. The number of nitrogens with zero attached hydrogens (tertiary/aromatic N) is 3. The number of rotatable bonds is 7. The van der Waals surface area contributed by atoms with Crippen LogP contribution in [0.25, 0.3) is 0 Å². The summed E-state index contributed by atoms with van der Waals surface area (Å²) in [5, 5.41) is 3.43. The summed E-state index contributed by atoms with van der Waals surface area (Å²) in [6.45, 7) is 13.3. The van der Waals surface area contributed by atoms with Crippen molar-refractivity contribution in [3.8, 4) is 0 Å². The van der Waals surface area contributed by atoms with E-state index in [1.54, 1.807) is 7.11 Å². The van der Waals surface area contributed by atoms with Gasteiger partial charge in [0.2, 0.25) is 0 Å². The first-order valence-corrected chi connectivity index (χ1v) is 8.82. The lowest BCUT2D eigenvalue weighted by atomic mass is 10.2. The van der Waals surface area contributed by atoms with Crippen LogP contribution in [0.2, 0.25) is 0 Å². The summed E-state index contributed by atoms with van der Waals surface area (Å²) in [7, 11) is 3.85. The topological polar surface area (TPSA) is 40.1 Å². The van der Waals surface area contributed by atoms with Crippen LogP contribution < -0.4 is 5.32 Å². The Morgan fingerprint density at radius 3 is 2.73 bits per heavy atom. The molecule has 1 N–H and O–H groups in total. The maximum atomic E-state index is 5.10. The maximum absolute atomic E-state index is 5.10. The number of thioether (sulfide) groups is 1. The highest BCUT2D eigenvalue weighted by Crippen LogP contribution is 2.29. The van der Waals surface area contributed by atoms with Crippen LogP contribution in [0.3, 0.4) is 0 Å². The van der Waals surface area contributed by atoms with E-state index < -0.39 is 0 Å². The lowest BCUT2D eigenvalue weighted by molar-refractivity contribution is 0.163. The number of ether oxygens (including phenoxy) is 1. The van der Waals surface area contributed by atoms with Crippen molar-refractivity contribution < 1.29 is 4.74 Å². The molecule has 1 aliphatic heterocycles. The smallest absolute Gasteiger partial charge is 0.194 e. The Kier molecular flexibility index (Phi) is 11.9. The zero-order valence-electron chi connectivity index (χ0n) is 14.7. The molecule has 1 rings (SSSR count). The maximum Gasteiger partial charge on any atom is 0.194 e. The molecule has 1 saturated heterocycles. The van der Waals surface area contributed by atoms with E-state index in [2.05, 4.69) is 54.7 Å². The summed E-state index contributed by atoms with van der Waals surface area (Å²) >= 11 is 2.05. The minimum Gasteiger partial charge on any atom is -0.383 e. The van der Waals surface area contributed by atoms with E-state index in [4.69, 9.17) is 9.73 Å². The van der Waals surface area contributed by atoms with Crippen LogP contribution in [0.1, 0.15) is 20.8 Å². The number of methoxy groups -OCH3 is 1. The van der Waals surface area contributed by atoms with E-state index in [1.807, 2.05) is 0 Å². The van der Waals surface area contributed by atoms with Crippen LogP contribution >= 0.6 is 35.7 Å². The van der Waals surface area contributed by atoms with Gasteiger partial charge in [-0.2, -0.15) is 11.8 Å². The van der Waals surface area contributed by atoms with Gasteiger partial charge in [-0.05, 0) is 27.8 Å². The molecule has 0 aliphatic carbocycles. The first kappa shape index (κ1) is 22.3. The Bertz CT molecular complexity index is 329. The Labute approximate surface area is 157 Å². The quantitative estimate of drug-likeness (QED) is 0.370. The summed E-state index contributed by atoms with van der Waals surface area (Å²) in [4.78, 5) is 9.44. The molecule has 7 heteroatoms. The average molecular weight is 444 g/mol. The molecule has 0 unspecified atom stereocenters. The molecule has 5 nitrogen and oxygen atoms in total. The fraction of sp³-hybridized carbons (Fsp3) is 0.933. The molecular formula is C15H33IN4OS. The Hall–Kier alpha value is 0.270. The molecule has 0 aromatic rings. The monoisotopic (exact) mass is 444 g/mol. The molecule has 132 valence electrons. The van der Waals surface area contributed by atoms with E-state index in [0.717, 1.165) is 51.8 Å². The molecule has 0 radical (unpaired) electrons. The third-order valence-corrected chi connectivity index (χ3v) is 4.78. The van der Waals surface area contributed by atoms with Crippen molar-refractivity contribution in [2.24, 2.45) is 4.99 Å². The predicted molar refractivity (Wildman–Crippen MR) is 109 cm³/mol. The van der Waals surface area contributed by atoms with Crippen LogP contribution in [-0.4, -0.2) is 86.3 Å². The van der Waals surface area contributed by atoms with E-state index >= 15 is 0 Å². The number of hydrogen-bond donors (Lipinski definition) is 1. The summed E-state index contributed by atoms with van der Waals surface area (Å²) in [5.41, 5.74) is 0. The Balaban J connectivity index is 0.00000441. The van der Waals surface area contributed by atoms with Crippen molar-refractivity contribution in [2.45, 2.75) is 25.5 Å². The van der Waals surface area contributed by atoms with Gasteiger partial charge in [-0.25, -0.2) is 0 Å². The zero-order valence-corrected chi connectivity index (χ0v) is 17.9.